The molecule has 38 heavy (non-hydrogen) atoms. The molecule has 0 spiro atoms. The molecule has 1 saturated heterocycles. The highest BCUT2D eigenvalue weighted by atomic mass is 16.6. The summed E-state index contributed by atoms with van der Waals surface area (Å²) in [5, 5.41) is 3.35. The van der Waals surface area contributed by atoms with Crippen molar-refractivity contribution in [1.29, 1.82) is 0 Å². The number of piperidine rings is 1. The normalized spacial score (nSPS) is 17.2. The molecule has 1 aromatic carbocycles. The fourth-order valence-electron chi connectivity index (χ4n) is 4.81. The van der Waals surface area contributed by atoms with Gasteiger partial charge in [-0.25, -0.2) is 14.6 Å². The standard InChI is InChI=1S/C28H40N6O4/c1-7-34-24-22(18-37-27(34)36)16-29-25(31-24)30-19(2)21-10-8-20(9-11-21)17-32(6)23-12-14-33(15-13-23)26(35)38-28(3,4)5/h8-11,16,19,23H,7,12-15,17-18H2,1-6H3,(H,29,30,31). The van der Waals surface area contributed by atoms with Gasteiger partial charge >= 0.3 is 12.2 Å². The predicted molar refractivity (Wildman–Crippen MR) is 146 cm³/mol. The van der Waals surface area contributed by atoms with Crippen molar-refractivity contribution in [2.75, 3.05) is 36.9 Å². The van der Waals surface area contributed by atoms with E-state index in [0.717, 1.165) is 30.5 Å². The highest BCUT2D eigenvalue weighted by Crippen LogP contribution is 2.27. The van der Waals surface area contributed by atoms with Gasteiger partial charge in [-0.05, 0) is 65.6 Å². The molecular formula is C28H40N6O4. The SMILES string of the molecule is CCN1C(=O)OCc2cnc(NC(C)c3ccc(CN(C)C4CCN(C(=O)OC(C)(C)C)CC4)cc3)nc21. The molecule has 2 aliphatic heterocycles. The second-order valence-corrected chi connectivity index (χ2v) is 11.1. The molecule has 10 nitrogen and oxygen atoms in total. The van der Waals surface area contributed by atoms with Crippen LogP contribution in [0.15, 0.2) is 30.5 Å². The Morgan fingerprint density at radius 3 is 2.55 bits per heavy atom. The van der Waals surface area contributed by atoms with Gasteiger partial charge < -0.3 is 19.7 Å². The summed E-state index contributed by atoms with van der Waals surface area (Å²) in [6.07, 6.45) is 2.98. The molecule has 10 heteroatoms. The van der Waals surface area contributed by atoms with Gasteiger partial charge in [-0.1, -0.05) is 24.3 Å². The van der Waals surface area contributed by atoms with Crippen molar-refractivity contribution in [1.82, 2.24) is 19.8 Å². The van der Waals surface area contributed by atoms with E-state index in [-0.39, 0.29) is 24.8 Å². The van der Waals surface area contributed by atoms with Gasteiger partial charge in [-0.2, -0.15) is 4.98 Å². The second-order valence-electron chi connectivity index (χ2n) is 11.1. The zero-order valence-electron chi connectivity index (χ0n) is 23.4. The summed E-state index contributed by atoms with van der Waals surface area (Å²) in [4.78, 5) is 39.1. The van der Waals surface area contributed by atoms with Crippen LogP contribution in [0.5, 0.6) is 0 Å². The summed E-state index contributed by atoms with van der Waals surface area (Å²) in [6, 6.07) is 8.97. The van der Waals surface area contributed by atoms with Crippen molar-refractivity contribution in [2.45, 2.75) is 78.3 Å². The largest absolute Gasteiger partial charge is 0.444 e. The minimum Gasteiger partial charge on any atom is -0.444 e. The number of aromatic nitrogens is 2. The van der Waals surface area contributed by atoms with Crippen molar-refractivity contribution in [3.8, 4) is 0 Å². The lowest BCUT2D eigenvalue weighted by molar-refractivity contribution is 0.0153. The number of nitrogens with one attached hydrogen (secondary N) is 1. The third kappa shape index (κ3) is 6.72. The molecule has 2 amide bonds. The van der Waals surface area contributed by atoms with E-state index < -0.39 is 5.60 Å². The van der Waals surface area contributed by atoms with Crippen LogP contribution >= 0.6 is 0 Å². The van der Waals surface area contributed by atoms with Crippen molar-refractivity contribution in [2.24, 2.45) is 0 Å². The number of carbonyl (C=O) groups is 2. The van der Waals surface area contributed by atoms with Crippen LogP contribution in [0.25, 0.3) is 0 Å². The van der Waals surface area contributed by atoms with Gasteiger partial charge in [0, 0.05) is 38.4 Å². The second kappa shape index (κ2) is 11.6. The van der Waals surface area contributed by atoms with E-state index in [0.29, 0.717) is 37.4 Å². The third-order valence-electron chi connectivity index (χ3n) is 6.98. The number of carbonyl (C=O) groups excluding carboxylic acids is 2. The van der Waals surface area contributed by atoms with E-state index >= 15 is 0 Å². The molecular weight excluding hydrogens is 484 g/mol. The van der Waals surface area contributed by atoms with Gasteiger partial charge in [0.2, 0.25) is 5.95 Å². The molecule has 0 saturated carbocycles. The number of benzene rings is 1. The topological polar surface area (TPSA) is 100 Å². The first kappa shape index (κ1) is 27.6. The first-order valence-corrected chi connectivity index (χ1v) is 13.4. The van der Waals surface area contributed by atoms with E-state index in [4.69, 9.17) is 9.47 Å². The number of hydrogen-bond donors (Lipinski definition) is 1. The quantitative estimate of drug-likeness (QED) is 0.543. The minimum atomic E-state index is -0.469. The van der Waals surface area contributed by atoms with Gasteiger partial charge in [0.1, 0.15) is 18.0 Å². The molecule has 0 bridgehead atoms. The number of rotatable bonds is 7. The first-order valence-electron chi connectivity index (χ1n) is 13.4. The van der Waals surface area contributed by atoms with Crippen LogP contribution in [0, 0.1) is 0 Å². The average molecular weight is 525 g/mol. The summed E-state index contributed by atoms with van der Waals surface area (Å²) in [5.41, 5.74) is 2.69. The lowest BCUT2D eigenvalue weighted by Gasteiger charge is -2.37. The van der Waals surface area contributed by atoms with E-state index in [1.807, 2.05) is 32.6 Å². The van der Waals surface area contributed by atoms with E-state index in [1.165, 1.54) is 10.5 Å². The Morgan fingerprint density at radius 1 is 1.24 bits per heavy atom. The van der Waals surface area contributed by atoms with Gasteiger partial charge in [0.05, 0.1) is 11.6 Å². The zero-order chi connectivity index (χ0) is 27.4. The number of cyclic esters (lactones) is 1. The molecule has 206 valence electrons. The summed E-state index contributed by atoms with van der Waals surface area (Å²) < 4.78 is 10.7. The lowest BCUT2D eigenvalue weighted by Crippen LogP contribution is -2.46. The molecule has 1 atom stereocenters. The molecule has 1 unspecified atom stereocenters. The predicted octanol–water partition coefficient (Wildman–Crippen LogP) is 4.96. The Hall–Kier alpha value is -3.40. The summed E-state index contributed by atoms with van der Waals surface area (Å²) in [7, 11) is 2.15. The number of hydrogen-bond acceptors (Lipinski definition) is 8. The van der Waals surface area contributed by atoms with Crippen LogP contribution in [-0.4, -0.2) is 70.3 Å². The Morgan fingerprint density at radius 2 is 1.92 bits per heavy atom. The van der Waals surface area contributed by atoms with E-state index in [2.05, 4.69) is 58.4 Å². The molecule has 4 rings (SSSR count). The zero-order valence-corrected chi connectivity index (χ0v) is 23.4. The summed E-state index contributed by atoms with van der Waals surface area (Å²) in [6.45, 7) is 12.6. The van der Waals surface area contributed by atoms with Gasteiger partial charge in [-0.15, -0.1) is 0 Å². The highest BCUT2D eigenvalue weighted by molar-refractivity contribution is 5.89. The fourth-order valence-corrected chi connectivity index (χ4v) is 4.81. The monoisotopic (exact) mass is 524 g/mol. The van der Waals surface area contributed by atoms with Crippen LogP contribution in [0.2, 0.25) is 0 Å². The minimum absolute atomic E-state index is 0.0115. The summed E-state index contributed by atoms with van der Waals surface area (Å²) in [5.74, 6) is 1.08. The maximum Gasteiger partial charge on any atom is 0.415 e. The van der Waals surface area contributed by atoms with Crippen molar-refractivity contribution >= 4 is 24.0 Å². The van der Waals surface area contributed by atoms with Crippen LogP contribution in [0.1, 0.15) is 70.2 Å². The number of nitrogens with zero attached hydrogens (tertiary/aromatic N) is 5. The van der Waals surface area contributed by atoms with Gasteiger partial charge in [0.15, 0.2) is 0 Å². The Kier molecular flexibility index (Phi) is 8.40. The highest BCUT2D eigenvalue weighted by Gasteiger charge is 2.29. The molecule has 1 N–H and O–H groups in total. The number of likely N-dealkylation sites (tertiary alicyclic amines) is 1. The van der Waals surface area contributed by atoms with Crippen molar-refractivity contribution < 1.29 is 19.1 Å². The Bertz CT molecular complexity index is 1130. The van der Waals surface area contributed by atoms with Crippen LogP contribution in [0.3, 0.4) is 0 Å². The lowest BCUT2D eigenvalue weighted by atomic mass is 10.0. The molecule has 3 heterocycles. The molecule has 2 aliphatic rings. The number of amides is 2. The van der Waals surface area contributed by atoms with Crippen LogP contribution < -0.4 is 10.2 Å². The molecule has 2 aromatic rings. The first-order chi connectivity index (χ1) is 18.0. The fraction of sp³-hybridized carbons (Fsp3) is 0.571. The summed E-state index contributed by atoms with van der Waals surface area (Å²) >= 11 is 0. The van der Waals surface area contributed by atoms with Gasteiger partial charge in [-0.3, -0.25) is 9.80 Å². The van der Waals surface area contributed by atoms with E-state index in [1.54, 1.807) is 6.20 Å². The molecule has 1 aromatic heterocycles. The van der Waals surface area contributed by atoms with Gasteiger partial charge in [0.25, 0.3) is 0 Å². The smallest absolute Gasteiger partial charge is 0.415 e. The number of fused-ring (bicyclic) bond motifs is 1. The maximum absolute atomic E-state index is 12.3. The molecule has 0 radical (unpaired) electrons. The number of ether oxygens (including phenoxy) is 2. The van der Waals surface area contributed by atoms with Crippen molar-refractivity contribution in [3.05, 3.63) is 47.2 Å². The Labute approximate surface area is 225 Å². The van der Waals surface area contributed by atoms with E-state index in [9.17, 15) is 9.59 Å². The number of anilines is 2. The third-order valence-corrected chi connectivity index (χ3v) is 6.98. The Balaban J connectivity index is 1.30. The average Bonchev–Trinajstić information content (AvgIpc) is 2.88. The molecule has 1 fully saturated rings. The van der Waals surface area contributed by atoms with Crippen molar-refractivity contribution in [3.63, 3.8) is 0 Å². The molecule has 0 aliphatic carbocycles. The van der Waals surface area contributed by atoms with Crippen LogP contribution in [0.4, 0.5) is 21.4 Å². The van der Waals surface area contributed by atoms with Crippen LogP contribution in [-0.2, 0) is 22.6 Å². The maximum atomic E-state index is 12.3.